The second-order valence-corrected chi connectivity index (χ2v) is 5.88. The summed E-state index contributed by atoms with van der Waals surface area (Å²) in [6.07, 6.45) is 1.41. The summed E-state index contributed by atoms with van der Waals surface area (Å²) < 4.78 is 11.3. The summed E-state index contributed by atoms with van der Waals surface area (Å²) in [6.45, 7) is 8.21. The van der Waals surface area contributed by atoms with E-state index in [0.717, 1.165) is 38.4 Å². The second kappa shape index (κ2) is 7.78. The van der Waals surface area contributed by atoms with Crippen molar-refractivity contribution >= 4 is 0 Å². The molecule has 21 heavy (non-hydrogen) atoms. The first-order valence-corrected chi connectivity index (χ1v) is 7.79. The highest BCUT2D eigenvalue weighted by Gasteiger charge is 2.21. The van der Waals surface area contributed by atoms with Crippen LogP contribution in [0, 0.1) is 6.92 Å². The molecule has 0 aliphatic carbocycles. The number of methoxy groups -OCH3 is 1. The van der Waals surface area contributed by atoms with Crippen LogP contribution >= 0.6 is 0 Å². The molecule has 1 aromatic rings. The molecule has 1 aliphatic heterocycles. The summed E-state index contributed by atoms with van der Waals surface area (Å²) >= 11 is 0. The molecule has 2 unspecified atom stereocenters. The van der Waals surface area contributed by atoms with Gasteiger partial charge in [-0.1, -0.05) is 17.7 Å². The first-order valence-electron chi connectivity index (χ1n) is 7.79. The van der Waals surface area contributed by atoms with Gasteiger partial charge < -0.3 is 14.8 Å². The zero-order valence-corrected chi connectivity index (χ0v) is 13.7. The normalized spacial score (nSPS) is 21.8. The summed E-state index contributed by atoms with van der Waals surface area (Å²) in [7, 11) is 3.76. The highest BCUT2D eigenvalue weighted by molar-refractivity contribution is 5.39. The largest absolute Gasteiger partial charge is 0.496 e. The topological polar surface area (TPSA) is 33.7 Å². The standard InChI is InChI=1S/C17H28N2O2/c1-13-6-7-17(20-4)15(10-13)16(18-3)12-19-8-5-9-21-14(2)11-19/h6-7,10,14,16,18H,5,8-9,11-12H2,1-4H3. The fourth-order valence-corrected chi connectivity index (χ4v) is 2.98. The van der Waals surface area contributed by atoms with Crippen molar-refractivity contribution in [1.82, 2.24) is 10.2 Å². The smallest absolute Gasteiger partial charge is 0.123 e. The lowest BCUT2D eigenvalue weighted by atomic mass is 10.0. The molecule has 1 aromatic carbocycles. The van der Waals surface area contributed by atoms with Crippen LogP contribution in [-0.4, -0.2) is 51.4 Å². The van der Waals surface area contributed by atoms with Gasteiger partial charge in [-0.15, -0.1) is 0 Å². The number of hydrogen-bond donors (Lipinski definition) is 1. The van der Waals surface area contributed by atoms with Gasteiger partial charge in [0.25, 0.3) is 0 Å². The van der Waals surface area contributed by atoms with Gasteiger partial charge in [-0.25, -0.2) is 0 Å². The van der Waals surface area contributed by atoms with E-state index < -0.39 is 0 Å². The van der Waals surface area contributed by atoms with Gasteiger partial charge in [0, 0.05) is 37.8 Å². The minimum atomic E-state index is 0.269. The Morgan fingerprint density at radius 2 is 2.29 bits per heavy atom. The first-order chi connectivity index (χ1) is 10.1. The fraction of sp³-hybridized carbons (Fsp3) is 0.647. The molecule has 2 atom stereocenters. The quantitative estimate of drug-likeness (QED) is 0.903. The maximum atomic E-state index is 5.73. The van der Waals surface area contributed by atoms with Crippen molar-refractivity contribution < 1.29 is 9.47 Å². The highest BCUT2D eigenvalue weighted by atomic mass is 16.5. The van der Waals surface area contributed by atoms with Crippen LogP contribution in [0.15, 0.2) is 18.2 Å². The average Bonchev–Trinajstić information content (AvgIpc) is 2.68. The maximum absolute atomic E-state index is 5.73. The van der Waals surface area contributed by atoms with Gasteiger partial charge >= 0.3 is 0 Å². The first kappa shape index (κ1) is 16.3. The summed E-state index contributed by atoms with van der Waals surface area (Å²) in [6, 6.07) is 6.64. The van der Waals surface area contributed by atoms with Gasteiger partial charge in [0.05, 0.1) is 13.2 Å². The molecule has 0 spiro atoms. The van der Waals surface area contributed by atoms with Crippen molar-refractivity contribution in [2.75, 3.05) is 40.4 Å². The Bertz CT molecular complexity index is 450. The molecule has 0 bridgehead atoms. The van der Waals surface area contributed by atoms with Gasteiger partial charge in [-0.3, -0.25) is 4.90 Å². The number of benzene rings is 1. The van der Waals surface area contributed by atoms with Gasteiger partial charge in [0.2, 0.25) is 0 Å². The molecule has 4 nitrogen and oxygen atoms in total. The minimum Gasteiger partial charge on any atom is -0.496 e. The van der Waals surface area contributed by atoms with Crippen LogP contribution in [0.3, 0.4) is 0 Å². The monoisotopic (exact) mass is 292 g/mol. The Kier molecular flexibility index (Phi) is 6.03. The number of ether oxygens (including phenoxy) is 2. The minimum absolute atomic E-state index is 0.269. The van der Waals surface area contributed by atoms with Gasteiger partial charge in [0.1, 0.15) is 5.75 Å². The summed E-state index contributed by atoms with van der Waals surface area (Å²) in [4.78, 5) is 2.49. The number of likely N-dealkylation sites (N-methyl/N-ethyl adjacent to an activating group) is 1. The fourth-order valence-electron chi connectivity index (χ4n) is 2.98. The molecule has 1 fully saturated rings. The van der Waals surface area contributed by atoms with E-state index in [2.05, 4.69) is 42.3 Å². The molecular formula is C17H28N2O2. The molecule has 4 heteroatoms. The third-order valence-electron chi connectivity index (χ3n) is 4.09. The Balaban J connectivity index is 2.13. The van der Waals surface area contributed by atoms with E-state index in [1.165, 1.54) is 11.1 Å². The lowest BCUT2D eigenvalue weighted by Crippen LogP contribution is -2.37. The summed E-state index contributed by atoms with van der Waals surface area (Å²) in [5.74, 6) is 0.957. The number of aryl methyl sites for hydroxylation is 1. The van der Waals surface area contributed by atoms with Crippen molar-refractivity contribution in [3.05, 3.63) is 29.3 Å². The molecule has 0 amide bonds. The van der Waals surface area contributed by atoms with E-state index in [-0.39, 0.29) is 6.04 Å². The third kappa shape index (κ3) is 4.43. The molecular weight excluding hydrogens is 264 g/mol. The van der Waals surface area contributed by atoms with Gasteiger partial charge in [-0.05, 0) is 33.4 Å². The molecule has 0 saturated carbocycles. The van der Waals surface area contributed by atoms with E-state index in [1.807, 2.05) is 7.05 Å². The Morgan fingerprint density at radius 1 is 1.48 bits per heavy atom. The molecule has 2 rings (SSSR count). The zero-order valence-electron chi connectivity index (χ0n) is 13.7. The van der Waals surface area contributed by atoms with Crippen LogP contribution < -0.4 is 10.1 Å². The van der Waals surface area contributed by atoms with Crippen molar-refractivity contribution in [3.8, 4) is 5.75 Å². The predicted octanol–water partition coefficient (Wildman–Crippen LogP) is 2.37. The van der Waals surface area contributed by atoms with E-state index in [9.17, 15) is 0 Å². The zero-order chi connectivity index (χ0) is 15.2. The Hall–Kier alpha value is -1.10. The van der Waals surface area contributed by atoms with E-state index in [1.54, 1.807) is 7.11 Å². The van der Waals surface area contributed by atoms with E-state index in [0.29, 0.717) is 6.10 Å². The molecule has 1 aliphatic rings. The Labute approximate surface area is 128 Å². The van der Waals surface area contributed by atoms with Crippen molar-refractivity contribution in [1.29, 1.82) is 0 Å². The highest BCUT2D eigenvalue weighted by Crippen LogP contribution is 2.27. The van der Waals surface area contributed by atoms with Crippen LogP contribution in [0.25, 0.3) is 0 Å². The van der Waals surface area contributed by atoms with Crippen molar-refractivity contribution in [3.63, 3.8) is 0 Å². The summed E-state index contributed by atoms with van der Waals surface area (Å²) in [5.41, 5.74) is 2.50. The number of nitrogens with zero attached hydrogens (tertiary/aromatic N) is 1. The van der Waals surface area contributed by atoms with Crippen molar-refractivity contribution in [2.24, 2.45) is 0 Å². The number of hydrogen-bond acceptors (Lipinski definition) is 4. The second-order valence-electron chi connectivity index (χ2n) is 5.88. The molecule has 1 heterocycles. The molecule has 118 valence electrons. The Morgan fingerprint density at radius 3 is 3.00 bits per heavy atom. The SMILES string of the molecule is CNC(CN1CCCOC(C)C1)c1cc(C)ccc1OC. The lowest BCUT2D eigenvalue weighted by Gasteiger charge is -2.28. The van der Waals surface area contributed by atoms with Crippen LogP contribution in [0.4, 0.5) is 0 Å². The molecule has 1 N–H and O–H groups in total. The van der Waals surface area contributed by atoms with Gasteiger partial charge in [-0.2, -0.15) is 0 Å². The third-order valence-corrected chi connectivity index (χ3v) is 4.09. The predicted molar refractivity (Wildman–Crippen MR) is 86.0 cm³/mol. The van der Waals surface area contributed by atoms with Crippen LogP contribution in [0.5, 0.6) is 5.75 Å². The van der Waals surface area contributed by atoms with Crippen LogP contribution in [-0.2, 0) is 4.74 Å². The van der Waals surface area contributed by atoms with Crippen molar-refractivity contribution in [2.45, 2.75) is 32.4 Å². The molecule has 0 aromatic heterocycles. The van der Waals surface area contributed by atoms with E-state index in [4.69, 9.17) is 9.47 Å². The number of rotatable bonds is 5. The maximum Gasteiger partial charge on any atom is 0.123 e. The van der Waals surface area contributed by atoms with Crippen LogP contribution in [0.1, 0.15) is 30.5 Å². The van der Waals surface area contributed by atoms with E-state index >= 15 is 0 Å². The van der Waals surface area contributed by atoms with Gasteiger partial charge in [0.15, 0.2) is 0 Å². The molecule has 0 radical (unpaired) electrons. The average molecular weight is 292 g/mol. The number of nitrogens with one attached hydrogen (secondary N) is 1. The lowest BCUT2D eigenvalue weighted by molar-refractivity contribution is 0.0665. The van der Waals surface area contributed by atoms with Crippen LogP contribution in [0.2, 0.25) is 0 Å². The summed E-state index contributed by atoms with van der Waals surface area (Å²) in [5, 5.41) is 3.44. The molecule has 1 saturated heterocycles.